The Morgan fingerprint density at radius 3 is 1.72 bits per heavy atom. The molecule has 3 saturated heterocycles. The molecule has 0 saturated carbocycles. The molecule has 15 atom stereocenters. The van der Waals surface area contributed by atoms with Crippen LogP contribution in [0.4, 0.5) is 0 Å². The lowest BCUT2D eigenvalue weighted by molar-refractivity contribution is -0.149. The number of aromatic amines is 2. The lowest BCUT2D eigenvalue weighted by Crippen LogP contribution is -2.62. The van der Waals surface area contributed by atoms with E-state index in [0.717, 1.165) is 36.3 Å². The number of aliphatic hydroxyl groups is 2. The maximum atomic E-state index is 15.7. The molecule has 0 radical (unpaired) electrons. The minimum atomic E-state index is -1.89. The number of amides is 17. The van der Waals surface area contributed by atoms with Crippen LogP contribution in [0.2, 0.25) is 0 Å². The Morgan fingerprint density at radius 2 is 1.11 bits per heavy atom. The predicted octanol–water partition coefficient (Wildman–Crippen LogP) is -3.77. The minimum absolute atomic E-state index is 0.0137. The molecule has 2 aromatic heterocycles. The first-order valence-corrected chi connectivity index (χ1v) is 45.7. The third kappa shape index (κ3) is 29.4. The van der Waals surface area contributed by atoms with Crippen LogP contribution in [-0.2, 0) is 101 Å². The lowest BCUT2D eigenvalue weighted by atomic mass is 10.00. The largest absolute Gasteiger partial charge is 0.394 e. The van der Waals surface area contributed by atoms with Gasteiger partial charge in [-0.1, -0.05) is 102 Å². The van der Waals surface area contributed by atoms with Gasteiger partial charge in [0.1, 0.15) is 84.6 Å². The number of carbonyl (C=O) groups is 17. The number of nitrogens with zero attached hydrogens (tertiary/aromatic N) is 6. The van der Waals surface area contributed by atoms with Gasteiger partial charge in [0.05, 0.1) is 43.1 Å². The number of fused-ring (bicyclic) bond motifs is 4. The van der Waals surface area contributed by atoms with E-state index < -0.39 is 248 Å². The Balaban J connectivity index is 1.19. The van der Waals surface area contributed by atoms with E-state index in [2.05, 4.69) is 68.5 Å². The van der Waals surface area contributed by atoms with Crippen LogP contribution in [0.5, 0.6) is 0 Å². The third-order valence-electron chi connectivity index (χ3n) is 23.7. The normalized spacial score (nSPS) is 24.9. The highest BCUT2D eigenvalue weighted by Crippen LogP contribution is 2.28. The van der Waals surface area contributed by atoms with Gasteiger partial charge >= 0.3 is 0 Å². The summed E-state index contributed by atoms with van der Waals surface area (Å²) < 4.78 is 0. The maximum Gasteiger partial charge on any atom is 0.246 e. The second-order valence-corrected chi connectivity index (χ2v) is 35.1. The van der Waals surface area contributed by atoms with Crippen molar-refractivity contribution in [2.45, 2.75) is 228 Å². The first-order valence-electron chi connectivity index (χ1n) is 44.5. The number of aliphatic hydroxyl groups excluding tert-OH is 2. The van der Waals surface area contributed by atoms with E-state index in [1.54, 1.807) is 80.8 Å². The Labute approximate surface area is 774 Å². The van der Waals surface area contributed by atoms with E-state index in [1.807, 2.05) is 19.9 Å². The number of rotatable bonds is 25. The summed E-state index contributed by atoms with van der Waals surface area (Å²) in [5.41, 5.74) is 25.7. The molecule has 0 spiro atoms. The second-order valence-electron chi connectivity index (χ2n) is 34.1. The summed E-state index contributed by atoms with van der Waals surface area (Å²) in [4.78, 5) is 260. The van der Waals surface area contributed by atoms with Gasteiger partial charge in [-0.3, -0.25) is 86.9 Å². The molecule has 3 aliphatic heterocycles. The van der Waals surface area contributed by atoms with Crippen molar-refractivity contribution in [3.8, 4) is 6.07 Å². The number of H-pyrrole nitrogens is 2. The monoisotopic (exact) mass is 1870 g/mol. The Bertz CT molecular complexity index is 5080. The number of guanidine groups is 1. The van der Waals surface area contributed by atoms with Crippen molar-refractivity contribution < 1.29 is 91.7 Å². The second kappa shape index (κ2) is 50.4. The topological polar surface area (TPSA) is 662 Å². The fourth-order valence-electron chi connectivity index (χ4n) is 16.3. The number of unbranched alkanes of at least 4 members (excludes halogenated alkanes) is 2. The van der Waals surface area contributed by atoms with Gasteiger partial charge in [0.2, 0.25) is 100 Å². The van der Waals surface area contributed by atoms with Crippen LogP contribution in [0.1, 0.15) is 140 Å². The van der Waals surface area contributed by atoms with Crippen LogP contribution in [0, 0.1) is 22.7 Å². The molecule has 5 heterocycles. The molecule has 3 aliphatic rings. The molecule has 17 amide bonds. The molecule has 24 N–H and O–H groups in total. The number of nitriles is 1. The van der Waals surface area contributed by atoms with Gasteiger partial charge < -0.3 is 126 Å². The van der Waals surface area contributed by atoms with Crippen LogP contribution < -0.4 is 81.4 Å². The number of likely N-dealkylation sites (N-methyl/N-ethyl adjacent to an activating group) is 3. The summed E-state index contributed by atoms with van der Waals surface area (Å²) in [5.74, 6) is -18.1. The Morgan fingerprint density at radius 1 is 0.571 bits per heavy atom. The zero-order valence-corrected chi connectivity index (χ0v) is 76.8. The molecule has 0 aliphatic carbocycles. The molecule has 3 aromatic carbocycles. The first kappa shape index (κ1) is 105. The fourth-order valence-corrected chi connectivity index (χ4v) is 17.2. The number of primary amides is 2. The highest BCUT2D eigenvalue weighted by molar-refractivity contribution is 8.00. The number of hydrogen-bond acceptors (Lipinski definition) is 23. The first-order chi connectivity index (χ1) is 63.3. The van der Waals surface area contributed by atoms with Crippen molar-refractivity contribution in [1.29, 1.82) is 10.7 Å². The molecule has 133 heavy (non-hydrogen) atoms. The Hall–Kier alpha value is -13.3. The number of benzene rings is 3. The molecular weight excluding hydrogens is 1740 g/mol. The standard InChI is InChI=1S/C89H126N24O19S/c1-9-11-27-68-81(125)101-59(26-18-30-96-89(94)95)77(121)108-67(76(120)99-43-73(93)117)46-133-47-74(118)100-62(34-50-20-17-21-51(33-50)39-90)84(128)109(6)49(5)75(119)103-64(38-72(92)116)86(130)112-31-19-29-69(112)82(126)106-65(40-91)79(123)104-61(32-48(3)4)87(131)113-44-54(115)37-71(113)83(127)102-60(35-52-41-97-57-24-15-13-22-55(52)57)78(122)107-66(45-114)80(124)105-63(36-53-42-98-58-25-16-14-23-56(53)58)85(129)111(8)70(28-12-10-2)88(132)110(68)7/h13-17,20-25,33,41-42,48-49,54,59-71,97-98,114-115H,9-12,18-19,26-32,34-38,40,43-47,91H2,1-8H3,(H2,92,116)(H2,93,117)(H,99,120)(H,100,118)(H,101,125)(H,102,127)(H,103,119)(H,104,123)(H,105,124)(H,106,126)(H,107,122)(H,108,121)(H4,94,95,96)/t49-,54+,59-,60-,61-,62-,63-,64?,65-,66-,67-,68-,69-,70-,71?/m0/s1. The molecule has 44 heteroatoms. The van der Waals surface area contributed by atoms with Crippen LogP contribution in [0.25, 0.3) is 21.8 Å². The van der Waals surface area contributed by atoms with Crippen molar-refractivity contribution in [2.75, 3.05) is 72.0 Å². The maximum absolute atomic E-state index is 15.7. The van der Waals surface area contributed by atoms with Gasteiger partial charge in [-0.05, 0) is 98.7 Å². The summed E-state index contributed by atoms with van der Waals surface area (Å²) in [7, 11) is 3.88. The fraction of sp³-hybridized carbons (Fsp3) is 0.539. The summed E-state index contributed by atoms with van der Waals surface area (Å²) in [6.45, 7) is 5.35. The van der Waals surface area contributed by atoms with Crippen molar-refractivity contribution in [2.24, 2.45) is 28.9 Å². The van der Waals surface area contributed by atoms with Gasteiger partial charge in [0.15, 0.2) is 5.96 Å². The minimum Gasteiger partial charge on any atom is -0.394 e. The molecular formula is C89H126N24O19S. The van der Waals surface area contributed by atoms with E-state index in [0.29, 0.717) is 64.2 Å². The number of carbonyl (C=O) groups excluding carboxylic acids is 17. The van der Waals surface area contributed by atoms with Gasteiger partial charge in [-0.25, -0.2) is 0 Å². The number of nitrogens with one attached hydrogen (secondary N) is 14. The van der Waals surface area contributed by atoms with Crippen molar-refractivity contribution in [3.05, 3.63) is 107 Å². The SMILES string of the molecule is CCCC[C@H]1C(=O)N(C)[C@@H](CCCC)C(=O)N[C@@H](CCCNC(=N)N)C(=O)N[C@H](C(=O)NCC(N)=O)CSCC(=O)N[C@@H](Cc2cccc(C#N)c2)C(=O)N(C)[C@@H](C)C(=O)NC(CC(N)=O)C(=O)N2CCC[C@H]2C(=O)N[C@@H](CN)C(=O)N[C@@H](CC(C)C)C(=O)N2C[C@H](O)CC2C(=O)N[C@@H](Cc2c[nH]c3ccccc23)C(=O)N[C@@H](CO)C(=O)N[C@@H](Cc2c[nH]c3ccccc23)C(=O)N1C. The van der Waals surface area contributed by atoms with E-state index >= 15 is 33.6 Å². The molecule has 43 nitrogen and oxygen atoms in total. The number of nitrogens with two attached hydrogens (primary N) is 4. The third-order valence-corrected chi connectivity index (χ3v) is 24.7. The average Bonchev–Trinajstić information content (AvgIpc) is 1.70. The number of hydrogen-bond donors (Lipinski definition) is 20. The lowest BCUT2D eigenvalue weighted by Gasteiger charge is -2.36. The van der Waals surface area contributed by atoms with Gasteiger partial charge in [-0.15, -0.1) is 11.8 Å². The summed E-state index contributed by atoms with van der Waals surface area (Å²) in [6.07, 6.45) is 1.19. The zero-order valence-electron chi connectivity index (χ0n) is 76.0. The molecule has 0 bridgehead atoms. The van der Waals surface area contributed by atoms with E-state index in [4.69, 9.17) is 28.3 Å². The zero-order chi connectivity index (χ0) is 97.6. The van der Waals surface area contributed by atoms with Crippen molar-refractivity contribution in [1.82, 2.24) is 93.0 Å². The molecule has 2 unspecified atom stereocenters. The highest BCUT2D eigenvalue weighted by atomic mass is 32.2. The van der Waals surface area contributed by atoms with Gasteiger partial charge in [0.25, 0.3) is 0 Å². The number of para-hydroxylation sites is 2. The summed E-state index contributed by atoms with van der Waals surface area (Å²) in [6, 6.07) is 0.0871. The van der Waals surface area contributed by atoms with Gasteiger partial charge in [0, 0.05) is 113 Å². The highest BCUT2D eigenvalue weighted by Gasteiger charge is 2.47. The van der Waals surface area contributed by atoms with Gasteiger partial charge in [-0.2, -0.15) is 5.26 Å². The molecule has 5 aromatic rings. The Kier molecular flexibility index (Phi) is 39.8. The van der Waals surface area contributed by atoms with Crippen LogP contribution in [-0.4, -0.2) is 314 Å². The molecule has 8 rings (SSSR count). The van der Waals surface area contributed by atoms with Crippen molar-refractivity contribution in [3.63, 3.8) is 0 Å². The quantitative estimate of drug-likeness (QED) is 0.0152. The van der Waals surface area contributed by atoms with E-state index in [9.17, 15) is 63.4 Å². The van der Waals surface area contributed by atoms with Crippen molar-refractivity contribution >= 4 is 140 Å². The number of thioether (sulfide) groups is 1. The van der Waals surface area contributed by atoms with Crippen LogP contribution in [0.15, 0.2) is 85.2 Å². The van der Waals surface area contributed by atoms with E-state index in [1.165, 1.54) is 46.3 Å². The average molecular weight is 1870 g/mol. The van der Waals surface area contributed by atoms with Crippen LogP contribution in [0.3, 0.4) is 0 Å². The smallest absolute Gasteiger partial charge is 0.246 e. The molecule has 722 valence electrons. The molecule has 3 fully saturated rings. The van der Waals surface area contributed by atoms with E-state index in [-0.39, 0.29) is 88.8 Å². The van der Waals surface area contributed by atoms with Crippen LogP contribution >= 0.6 is 11.8 Å². The predicted molar refractivity (Wildman–Crippen MR) is 490 cm³/mol. The summed E-state index contributed by atoms with van der Waals surface area (Å²) in [5, 5.41) is 70.2. The number of aromatic nitrogens is 2. The summed E-state index contributed by atoms with van der Waals surface area (Å²) >= 11 is 0.753.